The normalized spacial score (nSPS) is 10.7. The summed E-state index contributed by atoms with van der Waals surface area (Å²) in [7, 11) is 0. The van der Waals surface area contributed by atoms with E-state index >= 15 is 0 Å². The van der Waals surface area contributed by atoms with Crippen molar-refractivity contribution in [2.75, 3.05) is 5.32 Å². The minimum absolute atomic E-state index is 0.286. The van der Waals surface area contributed by atoms with Gasteiger partial charge in [0.05, 0.1) is 0 Å². The molecule has 4 heteroatoms. The lowest BCUT2D eigenvalue weighted by Crippen LogP contribution is -2.12. The second kappa shape index (κ2) is 4.81. The summed E-state index contributed by atoms with van der Waals surface area (Å²) < 4.78 is 13.3. The standard InChI is InChI=1S/C16H13FN2O/c1-10-6-12(17)9-13(7-10)18-16(20)15-8-11-4-2-3-5-14(11)19-15/h2-9,19H,1H3,(H,18,20). The predicted molar refractivity (Wildman–Crippen MR) is 77.4 cm³/mol. The second-order valence-electron chi connectivity index (χ2n) is 4.74. The minimum atomic E-state index is -0.364. The van der Waals surface area contributed by atoms with Crippen LogP contribution >= 0.6 is 0 Å². The molecular weight excluding hydrogens is 255 g/mol. The molecule has 0 aliphatic heterocycles. The lowest BCUT2D eigenvalue weighted by molar-refractivity contribution is 0.102. The molecule has 0 atom stereocenters. The zero-order valence-corrected chi connectivity index (χ0v) is 10.9. The van der Waals surface area contributed by atoms with Gasteiger partial charge in [-0.1, -0.05) is 18.2 Å². The molecule has 0 aliphatic carbocycles. The van der Waals surface area contributed by atoms with Crippen LogP contribution in [0.25, 0.3) is 10.9 Å². The number of aromatic nitrogens is 1. The number of aromatic amines is 1. The van der Waals surface area contributed by atoms with Gasteiger partial charge in [0.25, 0.3) is 5.91 Å². The van der Waals surface area contributed by atoms with Crippen molar-refractivity contribution in [2.45, 2.75) is 6.92 Å². The monoisotopic (exact) mass is 268 g/mol. The van der Waals surface area contributed by atoms with Crippen molar-refractivity contribution in [3.8, 4) is 0 Å². The third-order valence-electron chi connectivity index (χ3n) is 3.07. The number of benzene rings is 2. The number of fused-ring (bicyclic) bond motifs is 1. The van der Waals surface area contributed by atoms with Crippen molar-refractivity contribution < 1.29 is 9.18 Å². The number of hydrogen-bond donors (Lipinski definition) is 2. The maximum Gasteiger partial charge on any atom is 0.272 e. The van der Waals surface area contributed by atoms with Crippen molar-refractivity contribution in [1.29, 1.82) is 0 Å². The Bertz CT molecular complexity index is 739. The maximum atomic E-state index is 13.3. The van der Waals surface area contributed by atoms with Crippen LogP contribution in [0.4, 0.5) is 10.1 Å². The van der Waals surface area contributed by atoms with Crippen LogP contribution in [0.3, 0.4) is 0 Å². The average Bonchev–Trinajstić information content (AvgIpc) is 2.81. The number of anilines is 1. The molecule has 100 valence electrons. The van der Waals surface area contributed by atoms with Gasteiger partial charge in [-0.3, -0.25) is 4.79 Å². The fraction of sp³-hybridized carbons (Fsp3) is 0.0625. The van der Waals surface area contributed by atoms with E-state index in [-0.39, 0.29) is 11.7 Å². The summed E-state index contributed by atoms with van der Waals surface area (Å²) in [4.78, 5) is 15.2. The SMILES string of the molecule is Cc1cc(F)cc(NC(=O)c2cc3ccccc3[nH]2)c1. The van der Waals surface area contributed by atoms with Crippen LogP contribution < -0.4 is 5.32 Å². The number of H-pyrrole nitrogens is 1. The summed E-state index contributed by atoms with van der Waals surface area (Å²) in [6.45, 7) is 1.78. The Labute approximate surface area is 115 Å². The van der Waals surface area contributed by atoms with E-state index in [2.05, 4.69) is 10.3 Å². The maximum absolute atomic E-state index is 13.3. The molecule has 1 aromatic heterocycles. The van der Waals surface area contributed by atoms with Gasteiger partial charge in [0.2, 0.25) is 0 Å². The Hall–Kier alpha value is -2.62. The highest BCUT2D eigenvalue weighted by Gasteiger charge is 2.10. The minimum Gasteiger partial charge on any atom is -0.351 e. The van der Waals surface area contributed by atoms with Crippen molar-refractivity contribution in [2.24, 2.45) is 0 Å². The summed E-state index contributed by atoms with van der Waals surface area (Å²) in [6.07, 6.45) is 0. The van der Waals surface area contributed by atoms with E-state index in [0.29, 0.717) is 11.4 Å². The Morgan fingerprint density at radius 3 is 2.70 bits per heavy atom. The summed E-state index contributed by atoms with van der Waals surface area (Å²) in [5.41, 5.74) is 2.56. The highest BCUT2D eigenvalue weighted by atomic mass is 19.1. The van der Waals surface area contributed by atoms with Gasteiger partial charge in [0.1, 0.15) is 11.5 Å². The molecule has 20 heavy (non-hydrogen) atoms. The third-order valence-corrected chi connectivity index (χ3v) is 3.07. The molecule has 3 aromatic rings. The van der Waals surface area contributed by atoms with Crippen LogP contribution in [0.15, 0.2) is 48.5 Å². The van der Waals surface area contributed by atoms with Gasteiger partial charge in [-0.05, 0) is 42.8 Å². The number of hydrogen-bond acceptors (Lipinski definition) is 1. The summed E-state index contributed by atoms with van der Waals surface area (Å²) >= 11 is 0. The fourth-order valence-corrected chi connectivity index (χ4v) is 2.20. The molecule has 0 bridgehead atoms. The molecule has 2 N–H and O–H groups in total. The van der Waals surface area contributed by atoms with Crippen LogP contribution in [-0.2, 0) is 0 Å². The van der Waals surface area contributed by atoms with E-state index in [1.807, 2.05) is 24.3 Å². The second-order valence-corrected chi connectivity index (χ2v) is 4.74. The van der Waals surface area contributed by atoms with Gasteiger partial charge in [0.15, 0.2) is 0 Å². The fourth-order valence-electron chi connectivity index (χ4n) is 2.20. The van der Waals surface area contributed by atoms with Crippen molar-refractivity contribution in [3.63, 3.8) is 0 Å². The first-order valence-electron chi connectivity index (χ1n) is 6.28. The molecule has 3 nitrogen and oxygen atoms in total. The number of amides is 1. The first-order valence-corrected chi connectivity index (χ1v) is 6.28. The molecule has 0 radical (unpaired) electrons. The molecule has 3 rings (SSSR count). The topological polar surface area (TPSA) is 44.9 Å². The van der Waals surface area contributed by atoms with Crippen molar-refractivity contribution in [1.82, 2.24) is 4.98 Å². The molecule has 0 saturated heterocycles. The highest BCUT2D eigenvalue weighted by molar-refractivity contribution is 6.05. The Morgan fingerprint density at radius 1 is 1.15 bits per heavy atom. The number of carbonyl (C=O) groups is 1. The summed E-state index contributed by atoms with van der Waals surface area (Å²) in [5.74, 6) is -0.650. The van der Waals surface area contributed by atoms with E-state index < -0.39 is 0 Å². The predicted octanol–water partition coefficient (Wildman–Crippen LogP) is 3.87. The molecule has 0 saturated carbocycles. The van der Waals surface area contributed by atoms with Crippen LogP contribution in [0.2, 0.25) is 0 Å². The molecule has 0 fully saturated rings. The number of halogens is 1. The largest absolute Gasteiger partial charge is 0.351 e. The molecule has 1 amide bonds. The van der Waals surface area contributed by atoms with Crippen molar-refractivity contribution in [3.05, 3.63) is 65.6 Å². The van der Waals surface area contributed by atoms with Gasteiger partial charge < -0.3 is 10.3 Å². The first-order chi connectivity index (χ1) is 9.61. The quantitative estimate of drug-likeness (QED) is 0.728. The summed E-state index contributed by atoms with van der Waals surface area (Å²) in [5, 5.41) is 3.66. The van der Waals surface area contributed by atoms with Gasteiger partial charge >= 0.3 is 0 Å². The van der Waals surface area contributed by atoms with Gasteiger partial charge in [0, 0.05) is 16.6 Å². The van der Waals surface area contributed by atoms with Crippen molar-refractivity contribution >= 4 is 22.5 Å². The van der Waals surface area contributed by atoms with Gasteiger partial charge in [-0.2, -0.15) is 0 Å². The van der Waals surface area contributed by atoms with E-state index in [4.69, 9.17) is 0 Å². The average molecular weight is 268 g/mol. The Kier molecular flexibility index (Phi) is 2.99. The Balaban J connectivity index is 1.88. The van der Waals surface area contributed by atoms with Crippen LogP contribution in [0.5, 0.6) is 0 Å². The van der Waals surface area contributed by atoms with E-state index in [0.717, 1.165) is 16.5 Å². The molecule has 2 aromatic carbocycles. The number of carbonyl (C=O) groups excluding carboxylic acids is 1. The van der Waals surface area contributed by atoms with Gasteiger partial charge in [-0.15, -0.1) is 0 Å². The number of rotatable bonds is 2. The van der Waals surface area contributed by atoms with E-state index in [9.17, 15) is 9.18 Å². The van der Waals surface area contributed by atoms with E-state index in [1.165, 1.54) is 12.1 Å². The van der Waals surface area contributed by atoms with E-state index in [1.54, 1.807) is 19.1 Å². The molecule has 1 heterocycles. The number of aryl methyl sites for hydroxylation is 1. The Morgan fingerprint density at radius 2 is 1.95 bits per heavy atom. The smallest absolute Gasteiger partial charge is 0.272 e. The molecular formula is C16H13FN2O. The zero-order chi connectivity index (χ0) is 14.1. The van der Waals surface area contributed by atoms with Gasteiger partial charge in [-0.25, -0.2) is 4.39 Å². The van der Waals surface area contributed by atoms with Crippen LogP contribution in [0, 0.1) is 12.7 Å². The summed E-state index contributed by atoms with van der Waals surface area (Å²) in [6, 6.07) is 13.9. The lowest BCUT2D eigenvalue weighted by atomic mass is 10.2. The molecule has 0 aliphatic rings. The number of para-hydroxylation sites is 1. The molecule has 0 spiro atoms. The first kappa shape index (κ1) is 12.4. The lowest BCUT2D eigenvalue weighted by Gasteiger charge is -2.05. The third kappa shape index (κ3) is 2.40. The van der Waals surface area contributed by atoms with Crippen LogP contribution in [-0.4, -0.2) is 10.9 Å². The van der Waals surface area contributed by atoms with Crippen LogP contribution in [0.1, 0.15) is 16.1 Å². The highest BCUT2D eigenvalue weighted by Crippen LogP contribution is 2.17. The number of nitrogens with one attached hydrogen (secondary N) is 2. The zero-order valence-electron chi connectivity index (χ0n) is 10.9. The molecule has 0 unspecified atom stereocenters.